The molecule has 2 aromatic rings. The minimum absolute atomic E-state index is 0.110. The predicted octanol–water partition coefficient (Wildman–Crippen LogP) is 2.82. The number of fused-ring (bicyclic) bond motifs is 2. The summed E-state index contributed by atoms with van der Waals surface area (Å²) in [6.45, 7) is 0.490. The normalized spacial score (nSPS) is 23.0. The van der Waals surface area contributed by atoms with E-state index in [0.717, 1.165) is 5.56 Å². The van der Waals surface area contributed by atoms with Crippen LogP contribution >= 0.6 is 0 Å². The first-order valence-corrected chi connectivity index (χ1v) is 10.1. The van der Waals surface area contributed by atoms with Gasteiger partial charge in [-0.05, 0) is 36.6 Å². The third-order valence-electron chi connectivity index (χ3n) is 5.00. The largest absolute Gasteiger partial charge is 0.449 e. The Bertz CT molecular complexity index is 958. The molecular weight excluding hydrogens is 357 g/mol. The molecule has 1 fully saturated rings. The fraction of sp³-hybridized carbons (Fsp3) is 0.316. The number of carbonyl (C=O) groups is 1. The van der Waals surface area contributed by atoms with Crippen LogP contribution in [0.2, 0.25) is 0 Å². The molecule has 1 unspecified atom stereocenters. The monoisotopic (exact) mass is 375 g/mol. The SMILES string of the molecule is O=C1OC2(CCCN(S(=O)(=O)Cc3ccc(F)cc3)C2)c2ccccc21. The summed E-state index contributed by atoms with van der Waals surface area (Å²) < 4.78 is 45.8. The van der Waals surface area contributed by atoms with Crippen LogP contribution < -0.4 is 0 Å². The van der Waals surface area contributed by atoms with Crippen LogP contribution in [0.3, 0.4) is 0 Å². The summed E-state index contributed by atoms with van der Waals surface area (Å²) in [7, 11) is -3.61. The van der Waals surface area contributed by atoms with E-state index >= 15 is 0 Å². The third kappa shape index (κ3) is 2.91. The van der Waals surface area contributed by atoms with E-state index < -0.39 is 27.4 Å². The molecule has 0 bridgehead atoms. The van der Waals surface area contributed by atoms with Crippen LogP contribution in [-0.2, 0) is 26.1 Å². The zero-order valence-electron chi connectivity index (χ0n) is 14.0. The fourth-order valence-corrected chi connectivity index (χ4v) is 5.36. The lowest BCUT2D eigenvalue weighted by Gasteiger charge is -2.38. The molecule has 0 amide bonds. The summed E-state index contributed by atoms with van der Waals surface area (Å²) in [5, 5.41) is 0. The van der Waals surface area contributed by atoms with Crippen LogP contribution in [0, 0.1) is 5.82 Å². The number of carbonyl (C=O) groups excluding carboxylic acids is 1. The molecule has 1 spiro atoms. The van der Waals surface area contributed by atoms with Gasteiger partial charge in [0.1, 0.15) is 5.82 Å². The Balaban J connectivity index is 1.61. The maximum absolute atomic E-state index is 13.0. The quantitative estimate of drug-likeness (QED) is 0.774. The van der Waals surface area contributed by atoms with Gasteiger partial charge in [0.05, 0.1) is 17.9 Å². The van der Waals surface area contributed by atoms with Crippen molar-refractivity contribution in [3.05, 3.63) is 71.0 Å². The second-order valence-electron chi connectivity index (χ2n) is 6.75. The molecule has 2 heterocycles. The summed E-state index contributed by atoms with van der Waals surface area (Å²) in [4.78, 5) is 12.2. The van der Waals surface area contributed by atoms with Crippen LogP contribution in [-0.4, -0.2) is 31.8 Å². The number of ether oxygens (including phenoxy) is 1. The number of sulfonamides is 1. The van der Waals surface area contributed by atoms with Crippen LogP contribution in [0.1, 0.15) is 34.3 Å². The van der Waals surface area contributed by atoms with Gasteiger partial charge in [0.15, 0.2) is 5.60 Å². The molecule has 0 radical (unpaired) electrons. The topological polar surface area (TPSA) is 63.7 Å². The van der Waals surface area contributed by atoms with Gasteiger partial charge in [0.25, 0.3) is 0 Å². The van der Waals surface area contributed by atoms with Crippen molar-refractivity contribution in [2.45, 2.75) is 24.2 Å². The van der Waals surface area contributed by atoms with Crippen LogP contribution in [0.5, 0.6) is 0 Å². The summed E-state index contributed by atoms with van der Waals surface area (Å²) >= 11 is 0. The van der Waals surface area contributed by atoms with Gasteiger partial charge in [-0.1, -0.05) is 30.3 Å². The summed E-state index contributed by atoms with van der Waals surface area (Å²) in [5.74, 6) is -1.02. The second kappa shape index (κ2) is 6.17. The summed E-state index contributed by atoms with van der Waals surface area (Å²) in [6.07, 6.45) is 1.20. The van der Waals surface area contributed by atoms with Crippen LogP contribution in [0.25, 0.3) is 0 Å². The Morgan fingerprint density at radius 2 is 1.85 bits per heavy atom. The number of hydrogen-bond acceptors (Lipinski definition) is 4. The van der Waals surface area contributed by atoms with E-state index in [1.54, 1.807) is 12.1 Å². The first-order valence-electron chi connectivity index (χ1n) is 8.45. The lowest BCUT2D eigenvalue weighted by Crippen LogP contribution is -2.49. The molecule has 136 valence electrons. The highest BCUT2D eigenvalue weighted by Gasteiger charge is 2.49. The molecule has 0 aliphatic carbocycles. The Kier molecular flexibility index (Phi) is 4.08. The minimum atomic E-state index is -3.61. The number of esters is 1. The molecular formula is C19H18FNO4S. The molecule has 0 aromatic heterocycles. The molecule has 2 aliphatic rings. The Labute approximate surface area is 151 Å². The molecule has 2 aliphatic heterocycles. The number of hydrogen-bond donors (Lipinski definition) is 0. The van der Waals surface area contributed by atoms with Gasteiger partial charge >= 0.3 is 5.97 Å². The zero-order chi connectivity index (χ0) is 18.4. The molecule has 4 rings (SSSR count). The van der Waals surface area contributed by atoms with Crippen molar-refractivity contribution in [2.75, 3.05) is 13.1 Å². The van der Waals surface area contributed by atoms with Gasteiger partial charge in [0.2, 0.25) is 10.0 Å². The van der Waals surface area contributed by atoms with E-state index in [9.17, 15) is 17.6 Å². The van der Waals surface area contributed by atoms with Crippen LogP contribution in [0.15, 0.2) is 48.5 Å². The number of nitrogens with zero attached hydrogens (tertiary/aromatic N) is 1. The van der Waals surface area contributed by atoms with E-state index in [1.165, 1.54) is 28.6 Å². The van der Waals surface area contributed by atoms with E-state index in [2.05, 4.69) is 0 Å². The molecule has 1 atom stereocenters. The third-order valence-corrected chi connectivity index (χ3v) is 6.80. The zero-order valence-corrected chi connectivity index (χ0v) is 14.8. The lowest BCUT2D eigenvalue weighted by atomic mass is 9.86. The number of benzene rings is 2. The van der Waals surface area contributed by atoms with E-state index in [4.69, 9.17) is 4.74 Å². The smallest absolute Gasteiger partial charge is 0.339 e. The van der Waals surface area contributed by atoms with Gasteiger partial charge in [-0.15, -0.1) is 0 Å². The van der Waals surface area contributed by atoms with Crippen molar-refractivity contribution in [3.63, 3.8) is 0 Å². The van der Waals surface area contributed by atoms with Crippen molar-refractivity contribution in [2.24, 2.45) is 0 Å². The van der Waals surface area contributed by atoms with Crippen molar-refractivity contribution in [3.8, 4) is 0 Å². The van der Waals surface area contributed by atoms with E-state index in [0.29, 0.717) is 30.5 Å². The summed E-state index contributed by atoms with van der Waals surface area (Å²) in [5.41, 5.74) is 0.869. The first kappa shape index (κ1) is 17.2. The number of halogens is 1. The Morgan fingerprint density at radius 3 is 2.62 bits per heavy atom. The highest BCUT2D eigenvalue weighted by atomic mass is 32.2. The molecule has 5 nitrogen and oxygen atoms in total. The molecule has 1 saturated heterocycles. The van der Waals surface area contributed by atoms with Gasteiger partial charge in [-0.3, -0.25) is 0 Å². The Morgan fingerprint density at radius 1 is 1.12 bits per heavy atom. The van der Waals surface area contributed by atoms with Gasteiger partial charge in [0, 0.05) is 12.1 Å². The van der Waals surface area contributed by atoms with Crippen molar-refractivity contribution in [1.82, 2.24) is 4.31 Å². The van der Waals surface area contributed by atoms with Gasteiger partial charge in [-0.25, -0.2) is 17.6 Å². The number of piperidine rings is 1. The summed E-state index contributed by atoms with van der Waals surface area (Å²) in [6, 6.07) is 12.6. The van der Waals surface area contributed by atoms with E-state index in [-0.39, 0.29) is 12.3 Å². The highest BCUT2D eigenvalue weighted by Crippen LogP contribution is 2.43. The van der Waals surface area contributed by atoms with Gasteiger partial charge in [-0.2, -0.15) is 4.31 Å². The average molecular weight is 375 g/mol. The Hall–Kier alpha value is -2.25. The first-order chi connectivity index (χ1) is 12.4. The standard InChI is InChI=1S/C19H18FNO4S/c20-15-8-6-14(7-9-15)12-26(23,24)21-11-3-10-19(13-21)17-5-2-1-4-16(17)18(22)25-19/h1-2,4-9H,3,10-13H2. The average Bonchev–Trinajstić information content (AvgIpc) is 2.89. The molecule has 2 aromatic carbocycles. The fourth-order valence-electron chi connectivity index (χ4n) is 3.75. The molecule has 0 N–H and O–H groups in total. The molecule has 7 heteroatoms. The maximum atomic E-state index is 13.0. The molecule has 26 heavy (non-hydrogen) atoms. The maximum Gasteiger partial charge on any atom is 0.339 e. The van der Waals surface area contributed by atoms with Crippen molar-refractivity contribution in [1.29, 1.82) is 0 Å². The van der Waals surface area contributed by atoms with Gasteiger partial charge < -0.3 is 4.74 Å². The van der Waals surface area contributed by atoms with E-state index in [1.807, 2.05) is 12.1 Å². The highest BCUT2D eigenvalue weighted by molar-refractivity contribution is 7.88. The van der Waals surface area contributed by atoms with Crippen molar-refractivity contribution >= 4 is 16.0 Å². The number of rotatable bonds is 3. The molecule has 0 saturated carbocycles. The second-order valence-corrected chi connectivity index (χ2v) is 8.72. The van der Waals surface area contributed by atoms with Crippen molar-refractivity contribution < 1.29 is 22.3 Å². The predicted molar refractivity (Wildman–Crippen MR) is 93.4 cm³/mol. The lowest BCUT2D eigenvalue weighted by molar-refractivity contribution is -0.0345. The minimum Gasteiger partial charge on any atom is -0.449 e. The van der Waals surface area contributed by atoms with Crippen LogP contribution in [0.4, 0.5) is 4.39 Å².